The summed E-state index contributed by atoms with van der Waals surface area (Å²) < 4.78 is 5.67. The van der Waals surface area contributed by atoms with Crippen molar-refractivity contribution < 1.29 is 14.3 Å². The van der Waals surface area contributed by atoms with Crippen LogP contribution in [-0.2, 0) is 9.59 Å². The van der Waals surface area contributed by atoms with E-state index in [0.717, 1.165) is 5.56 Å². The summed E-state index contributed by atoms with van der Waals surface area (Å²) in [6, 6.07) is 14.4. The first-order chi connectivity index (χ1) is 20.0. The first kappa shape index (κ1) is 29.9. The predicted octanol–water partition coefficient (Wildman–Crippen LogP) is 6.53. The van der Waals surface area contributed by atoms with Crippen molar-refractivity contribution in [2.75, 3.05) is 23.1 Å². The molecule has 1 atom stereocenters. The van der Waals surface area contributed by atoms with Crippen LogP contribution >= 0.6 is 46.3 Å². The van der Waals surface area contributed by atoms with Gasteiger partial charge in [0.2, 0.25) is 11.0 Å². The number of halogens is 2. The summed E-state index contributed by atoms with van der Waals surface area (Å²) in [5.41, 5.74) is 9.06. The number of benzene rings is 2. The SMILES string of the molecule is COc1ccc(NC(=O)CSc2nnc(N3C(N)=C(C#N)C(c4cccc(Cl)c4)C4=C3CC(C)(C)CC4=O)s2)cc1Cl. The minimum atomic E-state index is -0.638. The van der Waals surface area contributed by atoms with Crippen LogP contribution < -0.4 is 20.7 Å². The maximum Gasteiger partial charge on any atom is 0.234 e. The highest BCUT2D eigenvalue weighted by Crippen LogP contribution is 2.51. The number of ether oxygens (including phenoxy) is 1. The third kappa shape index (κ3) is 5.99. The number of aromatic nitrogens is 2. The molecule has 2 aromatic carbocycles. The molecule has 1 amide bonds. The lowest BCUT2D eigenvalue weighted by Gasteiger charge is -2.42. The molecule has 0 radical (unpaired) electrons. The van der Waals surface area contributed by atoms with Gasteiger partial charge in [0.25, 0.3) is 0 Å². The number of nitrogens with zero attached hydrogens (tertiary/aromatic N) is 4. The Balaban J connectivity index is 1.43. The van der Waals surface area contributed by atoms with Crippen molar-refractivity contribution in [3.63, 3.8) is 0 Å². The molecule has 13 heteroatoms. The summed E-state index contributed by atoms with van der Waals surface area (Å²) >= 11 is 14.9. The number of rotatable bonds is 7. The van der Waals surface area contributed by atoms with E-state index in [-0.39, 0.29) is 34.3 Å². The second-order valence-corrected chi connectivity index (χ2v) is 13.6. The van der Waals surface area contributed by atoms with Crippen LogP contribution in [0.2, 0.25) is 10.0 Å². The molecule has 3 aromatic rings. The topological polar surface area (TPSA) is 134 Å². The number of carbonyl (C=O) groups is 2. The van der Waals surface area contributed by atoms with Gasteiger partial charge in [0.15, 0.2) is 10.1 Å². The fraction of sp³-hybridized carbons (Fsp3) is 0.276. The zero-order chi connectivity index (χ0) is 30.2. The van der Waals surface area contributed by atoms with Crippen LogP contribution in [0, 0.1) is 16.7 Å². The number of anilines is 2. The van der Waals surface area contributed by atoms with E-state index < -0.39 is 5.92 Å². The molecule has 0 saturated heterocycles. The highest BCUT2D eigenvalue weighted by molar-refractivity contribution is 8.01. The van der Waals surface area contributed by atoms with Crippen LogP contribution in [0.3, 0.4) is 0 Å². The molecule has 1 aromatic heterocycles. The molecule has 42 heavy (non-hydrogen) atoms. The van der Waals surface area contributed by atoms with Crippen molar-refractivity contribution in [2.45, 2.75) is 36.9 Å². The van der Waals surface area contributed by atoms with Crippen molar-refractivity contribution in [2.24, 2.45) is 11.1 Å². The molecule has 216 valence electrons. The number of nitrogens with one attached hydrogen (secondary N) is 1. The quantitative estimate of drug-likeness (QED) is 0.276. The molecule has 2 aliphatic rings. The predicted molar refractivity (Wildman–Crippen MR) is 166 cm³/mol. The van der Waals surface area contributed by atoms with Gasteiger partial charge < -0.3 is 15.8 Å². The van der Waals surface area contributed by atoms with Gasteiger partial charge in [-0.1, -0.05) is 72.3 Å². The number of amides is 1. The van der Waals surface area contributed by atoms with E-state index >= 15 is 0 Å². The standard InChI is InChI=1S/C29H26Cl2N6O3S2/c1-29(2)11-20-25(21(38)12-29)24(15-5-4-6-16(30)9-15)18(13-32)26(33)37(20)27-35-36-28(42-27)41-14-23(39)34-17-7-8-22(40-3)19(31)10-17/h4-10,24H,11-12,14,33H2,1-3H3,(H,34,39). The fourth-order valence-electron chi connectivity index (χ4n) is 5.17. The average Bonchev–Trinajstić information content (AvgIpc) is 3.39. The third-order valence-electron chi connectivity index (χ3n) is 6.91. The molecular formula is C29H26Cl2N6O3S2. The maximum atomic E-state index is 13.7. The fourth-order valence-corrected chi connectivity index (χ4v) is 7.30. The zero-order valence-corrected chi connectivity index (χ0v) is 26.0. The van der Waals surface area contributed by atoms with Crippen LogP contribution in [0.25, 0.3) is 0 Å². The summed E-state index contributed by atoms with van der Waals surface area (Å²) in [6.45, 7) is 4.05. The normalized spacial score (nSPS) is 18.0. The lowest BCUT2D eigenvalue weighted by atomic mass is 9.69. The van der Waals surface area contributed by atoms with Crippen LogP contribution in [0.5, 0.6) is 5.75 Å². The summed E-state index contributed by atoms with van der Waals surface area (Å²) in [4.78, 5) is 27.9. The minimum Gasteiger partial charge on any atom is -0.495 e. The number of nitrogens with two attached hydrogens (primary N) is 1. The first-order valence-corrected chi connectivity index (χ1v) is 15.4. The Kier molecular flexibility index (Phi) is 8.53. The summed E-state index contributed by atoms with van der Waals surface area (Å²) in [7, 11) is 1.52. The molecule has 0 spiro atoms. The van der Waals surface area contributed by atoms with Crippen molar-refractivity contribution in [3.8, 4) is 11.8 Å². The zero-order valence-electron chi connectivity index (χ0n) is 22.9. The lowest BCUT2D eigenvalue weighted by Crippen LogP contribution is -2.42. The Hall–Kier alpha value is -3.56. The third-order valence-corrected chi connectivity index (χ3v) is 9.48. The van der Waals surface area contributed by atoms with Crippen molar-refractivity contribution in [1.82, 2.24) is 10.2 Å². The molecule has 1 aliphatic heterocycles. The average molecular weight is 642 g/mol. The van der Waals surface area contributed by atoms with Gasteiger partial charge in [0.05, 0.1) is 35.4 Å². The smallest absolute Gasteiger partial charge is 0.234 e. The van der Waals surface area contributed by atoms with Crippen LogP contribution in [0.15, 0.2) is 69.5 Å². The number of carbonyl (C=O) groups excluding carboxylic acids is 2. The highest BCUT2D eigenvalue weighted by atomic mass is 35.5. The Morgan fingerprint density at radius 2 is 2.05 bits per heavy atom. The van der Waals surface area contributed by atoms with Gasteiger partial charge in [-0.2, -0.15) is 5.26 Å². The van der Waals surface area contributed by atoms with E-state index in [4.69, 9.17) is 33.7 Å². The Morgan fingerprint density at radius 1 is 1.26 bits per heavy atom. The van der Waals surface area contributed by atoms with Gasteiger partial charge in [0, 0.05) is 28.4 Å². The van der Waals surface area contributed by atoms with E-state index in [1.807, 2.05) is 19.9 Å². The van der Waals surface area contributed by atoms with Crippen molar-refractivity contribution in [3.05, 3.63) is 80.7 Å². The van der Waals surface area contributed by atoms with E-state index in [1.165, 1.54) is 30.2 Å². The van der Waals surface area contributed by atoms with E-state index in [9.17, 15) is 14.9 Å². The molecule has 2 heterocycles. The number of Topliss-reactive ketones (excluding diaryl/α,β-unsaturated/α-hetero) is 1. The monoisotopic (exact) mass is 640 g/mol. The van der Waals surface area contributed by atoms with Crippen molar-refractivity contribution >= 4 is 68.8 Å². The highest BCUT2D eigenvalue weighted by Gasteiger charge is 2.45. The molecule has 5 rings (SSSR count). The number of ketones is 1. The number of nitriles is 1. The summed E-state index contributed by atoms with van der Waals surface area (Å²) in [5.74, 6) is -0.170. The second-order valence-electron chi connectivity index (χ2n) is 10.6. The van der Waals surface area contributed by atoms with Crippen LogP contribution in [0.1, 0.15) is 38.2 Å². The Morgan fingerprint density at radius 3 is 2.74 bits per heavy atom. The van der Waals surface area contributed by atoms with Gasteiger partial charge >= 0.3 is 0 Å². The Labute approximate surface area is 261 Å². The molecule has 0 fully saturated rings. The molecule has 3 N–H and O–H groups in total. The summed E-state index contributed by atoms with van der Waals surface area (Å²) in [6.07, 6.45) is 0.876. The van der Waals surface area contributed by atoms with Crippen molar-refractivity contribution in [1.29, 1.82) is 5.26 Å². The number of hydrogen-bond acceptors (Lipinski definition) is 10. The van der Waals surface area contributed by atoms with Gasteiger partial charge in [-0.3, -0.25) is 14.5 Å². The van der Waals surface area contributed by atoms with E-state index in [2.05, 4.69) is 21.6 Å². The lowest BCUT2D eigenvalue weighted by molar-refractivity contribution is -0.118. The Bertz CT molecular complexity index is 1690. The number of hydrogen-bond donors (Lipinski definition) is 2. The number of methoxy groups -OCH3 is 1. The molecule has 1 aliphatic carbocycles. The molecule has 0 bridgehead atoms. The minimum absolute atomic E-state index is 0.0501. The van der Waals surface area contributed by atoms with Gasteiger partial charge in [0.1, 0.15) is 11.6 Å². The summed E-state index contributed by atoms with van der Waals surface area (Å²) in [5, 5.41) is 23.0. The second kappa shape index (κ2) is 12.0. The number of allylic oxidation sites excluding steroid dienone is 3. The molecule has 0 saturated carbocycles. The molecule has 9 nitrogen and oxygen atoms in total. The molecule has 1 unspecified atom stereocenters. The van der Waals surface area contributed by atoms with E-state index in [1.54, 1.807) is 41.3 Å². The van der Waals surface area contributed by atoms with Gasteiger partial charge in [-0.25, -0.2) is 0 Å². The number of thioether (sulfide) groups is 1. The van der Waals surface area contributed by atoms with Crippen LogP contribution in [0.4, 0.5) is 10.8 Å². The largest absolute Gasteiger partial charge is 0.495 e. The maximum absolute atomic E-state index is 13.7. The van der Waals surface area contributed by atoms with Crippen LogP contribution in [-0.4, -0.2) is 34.8 Å². The van der Waals surface area contributed by atoms with E-state index in [0.29, 0.717) is 55.1 Å². The molecular weight excluding hydrogens is 615 g/mol. The van der Waals surface area contributed by atoms with Gasteiger partial charge in [-0.05, 0) is 47.7 Å². The van der Waals surface area contributed by atoms with Gasteiger partial charge in [-0.15, -0.1) is 10.2 Å². The first-order valence-electron chi connectivity index (χ1n) is 12.8.